The predicted molar refractivity (Wildman–Crippen MR) is 95.0 cm³/mol. The molecule has 8 nitrogen and oxygen atoms in total. The standard InChI is InChI=1S/C18H34O8/c1-3-21-9-11-23-13-15-25-17(19)7-5-6-8-18(20)26-16-14-24-12-10-22-4-2/h3-16H2,1-2H3. The zero-order valence-electron chi connectivity index (χ0n) is 16.2. The first-order valence-corrected chi connectivity index (χ1v) is 9.32. The van der Waals surface area contributed by atoms with E-state index in [9.17, 15) is 9.59 Å². The molecule has 0 rings (SSSR count). The van der Waals surface area contributed by atoms with Crippen molar-refractivity contribution in [2.45, 2.75) is 39.5 Å². The van der Waals surface area contributed by atoms with Crippen molar-refractivity contribution in [3.8, 4) is 0 Å². The second kappa shape index (κ2) is 20.1. The second-order valence-corrected chi connectivity index (χ2v) is 5.27. The van der Waals surface area contributed by atoms with Crippen LogP contribution in [0.5, 0.6) is 0 Å². The van der Waals surface area contributed by atoms with Crippen molar-refractivity contribution in [2.24, 2.45) is 0 Å². The molecule has 0 atom stereocenters. The summed E-state index contributed by atoms with van der Waals surface area (Å²) in [6.07, 6.45) is 1.74. The van der Waals surface area contributed by atoms with E-state index >= 15 is 0 Å². The van der Waals surface area contributed by atoms with Crippen molar-refractivity contribution in [1.82, 2.24) is 0 Å². The Morgan fingerprint density at radius 2 is 0.885 bits per heavy atom. The fourth-order valence-electron chi connectivity index (χ4n) is 1.84. The SMILES string of the molecule is CCOCCOCCOC(=O)CCCCC(=O)OCCOCCOCC. The van der Waals surface area contributed by atoms with Crippen molar-refractivity contribution in [3.05, 3.63) is 0 Å². The summed E-state index contributed by atoms with van der Waals surface area (Å²) in [5, 5.41) is 0. The Kier molecular flexibility index (Phi) is 19.2. The molecule has 0 spiro atoms. The Hall–Kier alpha value is -1.22. The molecule has 0 bridgehead atoms. The maximum absolute atomic E-state index is 11.5. The topological polar surface area (TPSA) is 89.5 Å². The summed E-state index contributed by atoms with van der Waals surface area (Å²) in [6, 6.07) is 0. The van der Waals surface area contributed by atoms with Crippen LogP contribution < -0.4 is 0 Å². The Bertz CT molecular complexity index is 303. The lowest BCUT2D eigenvalue weighted by atomic mass is 10.2. The molecule has 0 unspecified atom stereocenters. The van der Waals surface area contributed by atoms with Gasteiger partial charge in [0, 0.05) is 26.1 Å². The third kappa shape index (κ3) is 19.1. The first-order valence-electron chi connectivity index (χ1n) is 9.32. The number of esters is 2. The molecule has 0 radical (unpaired) electrons. The highest BCUT2D eigenvalue weighted by Crippen LogP contribution is 2.03. The van der Waals surface area contributed by atoms with Crippen LogP contribution >= 0.6 is 0 Å². The minimum atomic E-state index is -0.283. The molecule has 0 aliphatic rings. The first-order chi connectivity index (χ1) is 12.7. The highest BCUT2D eigenvalue weighted by molar-refractivity contribution is 5.70. The van der Waals surface area contributed by atoms with Gasteiger partial charge in [0.1, 0.15) is 13.2 Å². The van der Waals surface area contributed by atoms with E-state index in [2.05, 4.69) is 0 Å². The normalized spacial score (nSPS) is 10.7. The number of unbranched alkanes of at least 4 members (excludes halogenated alkanes) is 1. The predicted octanol–water partition coefficient (Wildman–Crippen LogP) is 1.74. The van der Waals surface area contributed by atoms with Crippen LogP contribution in [0.2, 0.25) is 0 Å². The Balaban J connectivity index is 3.31. The molecule has 0 N–H and O–H groups in total. The lowest BCUT2D eigenvalue weighted by Crippen LogP contribution is -2.13. The van der Waals surface area contributed by atoms with Crippen LogP contribution in [0.15, 0.2) is 0 Å². The summed E-state index contributed by atoms with van der Waals surface area (Å²) in [4.78, 5) is 23.0. The maximum Gasteiger partial charge on any atom is 0.305 e. The lowest BCUT2D eigenvalue weighted by molar-refractivity contribution is -0.147. The highest BCUT2D eigenvalue weighted by Gasteiger charge is 2.06. The third-order valence-electron chi connectivity index (χ3n) is 3.15. The Morgan fingerprint density at radius 1 is 0.538 bits per heavy atom. The molecular formula is C18H34O8. The molecule has 0 fully saturated rings. The zero-order chi connectivity index (χ0) is 19.3. The molecule has 0 saturated heterocycles. The molecule has 0 aromatic carbocycles. The van der Waals surface area contributed by atoms with Crippen LogP contribution in [-0.2, 0) is 38.0 Å². The van der Waals surface area contributed by atoms with Crippen LogP contribution in [0.3, 0.4) is 0 Å². The van der Waals surface area contributed by atoms with Gasteiger partial charge in [0.25, 0.3) is 0 Å². The summed E-state index contributed by atoms with van der Waals surface area (Å²) in [5.41, 5.74) is 0. The van der Waals surface area contributed by atoms with Gasteiger partial charge in [-0.25, -0.2) is 0 Å². The third-order valence-corrected chi connectivity index (χ3v) is 3.15. The smallest absolute Gasteiger partial charge is 0.305 e. The van der Waals surface area contributed by atoms with E-state index in [1.54, 1.807) is 0 Å². The first kappa shape index (κ1) is 24.8. The fraction of sp³-hybridized carbons (Fsp3) is 0.889. The summed E-state index contributed by atoms with van der Waals surface area (Å²) in [7, 11) is 0. The van der Waals surface area contributed by atoms with E-state index in [1.807, 2.05) is 13.8 Å². The van der Waals surface area contributed by atoms with Crippen molar-refractivity contribution >= 4 is 11.9 Å². The molecule has 0 heterocycles. The molecule has 0 aliphatic heterocycles. The molecule has 26 heavy (non-hydrogen) atoms. The van der Waals surface area contributed by atoms with Crippen molar-refractivity contribution in [3.63, 3.8) is 0 Å². The van der Waals surface area contributed by atoms with E-state index in [4.69, 9.17) is 28.4 Å². The minimum absolute atomic E-state index is 0.232. The van der Waals surface area contributed by atoms with E-state index in [0.717, 1.165) is 0 Å². The van der Waals surface area contributed by atoms with Gasteiger partial charge in [0.15, 0.2) is 0 Å². The number of ether oxygens (including phenoxy) is 6. The minimum Gasteiger partial charge on any atom is -0.463 e. The van der Waals surface area contributed by atoms with Gasteiger partial charge >= 0.3 is 11.9 Å². The quantitative estimate of drug-likeness (QED) is 0.248. The van der Waals surface area contributed by atoms with Crippen LogP contribution in [0.25, 0.3) is 0 Å². The van der Waals surface area contributed by atoms with Crippen LogP contribution in [0.1, 0.15) is 39.5 Å². The molecular weight excluding hydrogens is 344 g/mol. The van der Waals surface area contributed by atoms with E-state index in [-0.39, 0.29) is 38.0 Å². The fourth-order valence-corrected chi connectivity index (χ4v) is 1.84. The van der Waals surface area contributed by atoms with Crippen LogP contribution in [-0.4, -0.2) is 78.0 Å². The Morgan fingerprint density at radius 3 is 1.27 bits per heavy atom. The molecule has 0 aromatic heterocycles. The summed E-state index contributed by atoms with van der Waals surface area (Å²) >= 11 is 0. The number of carbonyl (C=O) groups excluding carboxylic acids is 2. The summed E-state index contributed by atoms with van der Waals surface area (Å²) in [6.45, 7) is 8.41. The molecule has 154 valence electrons. The van der Waals surface area contributed by atoms with Gasteiger partial charge in [0.05, 0.1) is 39.6 Å². The van der Waals surface area contributed by atoms with Gasteiger partial charge in [0.2, 0.25) is 0 Å². The van der Waals surface area contributed by atoms with Gasteiger partial charge in [-0.2, -0.15) is 0 Å². The van der Waals surface area contributed by atoms with Gasteiger partial charge in [-0.3, -0.25) is 9.59 Å². The van der Waals surface area contributed by atoms with Crippen LogP contribution in [0.4, 0.5) is 0 Å². The maximum atomic E-state index is 11.5. The number of carbonyl (C=O) groups is 2. The summed E-state index contributed by atoms with van der Waals surface area (Å²) < 4.78 is 30.8. The van der Waals surface area contributed by atoms with E-state index in [0.29, 0.717) is 65.7 Å². The summed E-state index contributed by atoms with van der Waals surface area (Å²) in [5.74, 6) is -0.566. The van der Waals surface area contributed by atoms with E-state index < -0.39 is 0 Å². The van der Waals surface area contributed by atoms with Gasteiger partial charge in [-0.05, 0) is 26.7 Å². The second-order valence-electron chi connectivity index (χ2n) is 5.27. The van der Waals surface area contributed by atoms with Crippen molar-refractivity contribution in [2.75, 3.05) is 66.1 Å². The molecule has 0 saturated carbocycles. The van der Waals surface area contributed by atoms with Gasteiger partial charge < -0.3 is 28.4 Å². The zero-order valence-corrected chi connectivity index (χ0v) is 16.2. The van der Waals surface area contributed by atoms with Gasteiger partial charge in [-0.15, -0.1) is 0 Å². The monoisotopic (exact) mass is 378 g/mol. The molecule has 0 aliphatic carbocycles. The number of rotatable bonds is 19. The average Bonchev–Trinajstić information content (AvgIpc) is 2.64. The van der Waals surface area contributed by atoms with E-state index in [1.165, 1.54) is 0 Å². The van der Waals surface area contributed by atoms with Crippen molar-refractivity contribution in [1.29, 1.82) is 0 Å². The largest absolute Gasteiger partial charge is 0.463 e. The van der Waals surface area contributed by atoms with Crippen molar-refractivity contribution < 1.29 is 38.0 Å². The molecule has 8 heteroatoms. The highest BCUT2D eigenvalue weighted by atomic mass is 16.6. The van der Waals surface area contributed by atoms with Crippen LogP contribution in [0, 0.1) is 0 Å². The average molecular weight is 378 g/mol. The molecule has 0 aromatic rings. The number of hydrogen-bond acceptors (Lipinski definition) is 8. The Labute approximate surface area is 156 Å². The lowest BCUT2D eigenvalue weighted by Gasteiger charge is -2.07. The molecule has 0 amide bonds. The number of hydrogen-bond donors (Lipinski definition) is 0. The van der Waals surface area contributed by atoms with Gasteiger partial charge in [-0.1, -0.05) is 0 Å².